The SMILES string of the molecule is CNC1CC(C)(C)Cc2nc(N(C)CCC(C)C)sc21. The lowest BCUT2D eigenvalue weighted by molar-refractivity contribution is 0.265. The minimum absolute atomic E-state index is 0.350. The highest BCUT2D eigenvalue weighted by Crippen LogP contribution is 2.44. The summed E-state index contributed by atoms with van der Waals surface area (Å²) in [6.07, 6.45) is 3.53. The fourth-order valence-electron chi connectivity index (χ4n) is 2.86. The van der Waals surface area contributed by atoms with Crippen LogP contribution < -0.4 is 10.2 Å². The average molecular weight is 295 g/mol. The van der Waals surface area contributed by atoms with E-state index >= 15 is 0 Å². The van der Waals surface area contributed by atoms with Crippen molar-refractivity contribution in [2.45, 2.75) is 53.0 Å². The second kappa shape index (κ2) is 6.02. The molecule has 1 aliphatic carbocycles. The molecule has 3 nitrogen and oxygen atoms in total. The van der Waals surface area contributed by atoms with Gasteiger partial charge in [-0.1, -0.05) is 39.0 Å². The molecule has 2 rings (SSSR count). The third kappa shape index (κ3) is 3.53. The van der Waals surface area contributed by atoms with E-state index in [1.54, 1.807) is 0 Å². The molecular formula is C16H29N3S. The van der Waals surface area contributed by atoms with Crippen LogP contribution in [0.4, 0.5) is 5.13 Å². The van der Waals surface area contributed by atoms with E-state index < -0.39 is 0 Å². The van der Waals surface area contributed by atoms with Crippen LogP contribution in [0.2, 0.25) is 0 Å². The van der Waals surface area contributed by atoms with E-state index in [4.69, 9.17) is 4.98 Å². The monoisotopic (exact) mass is 295 g/mol. The Balaban J connectivity index is 2.17. The zero-order valence-electron chi connectivity index (χ0n) is 13.8. The Morgan fingerprint density at radius 2 is 2.15 bits per heavy atom. The summed E-state index contributed by atoms with van der Waals surface area (Å²) in [6.45, 7) is 10.3. The summed E-state index contributed by atoms with van der Waals surface area (Å²) < 4.78 is 0. The molecule has 0 amide bonds. The van der Waals surface area contributed by atoms with Crippen LogP contribution in [-0.2, 0) is 6.42 Å². The molecule has 1 aliphatic rings. The van der Waals surface area contributed by atoms with E-state index in [2.05, 4.69) is 52.0 Å². The van der Waals surface area contributed by atoms with Crippen LogP contribution in [-0.4, -0.2) is 25.6 Å². The van der Waals surface area contributed by atoms with Gasteiger partial charge in [0.2, 0.25) is 0 Å². The first kappa shape index (κ1) is 15.8. The first-order valence-corrected chi connectivity index (χ1v) is 8.52. The Hall–Kier alpha value is -0.610. The van der Waals surface area contributed by atoms with E-state index in [0.29, 0.717) is 11.5 Å². The van der Waals surface area contributed by atoms with E-state index in [-0.39, 0.29) is 0 Å². The quantitative estimate of drug-likeness (QED) is 0.894. The maximum absolute atomic E-state index is 4.93. The highest BCUT2D eigenvalue weighted by atomic mass is 32.1. The van der Waals surface area contributed by atoms with Crippen molar-refractivity contribution < 1.29 is 0 Å². The number of hydrogen-bond donors (Lipinski definition) is 1. The lowest BCUT2D eigenvalue weighted by Crippen LogP contribution is -2.30. The molecule has 1 unspecified atom stereocenters. The Morgan fingerprint density at radius 3 is 2.75 bits per heavy atom. The molecule has 0 saturated carbocycles. The number of rotatable bonds is 5. The molecule has 1 atom stereocenters. The minimum atomic E-state index is 0.350. The van der Waals surface area contributed by atoms with Gasteiger partial charge in [0.25, 0.3) is 0 Å². The molecular weight excluding hydrogens is 266 g/mol. The highest BCUT2D eigenvalue weighted by Gasteiger charge is 2.34. The fourth-order valence-corrected chi connectivity index (χ4v) is 4.04. The van der Waals surface area contributed by atoms with Gasteiger partial charge in [-0.15, -0.1) is 0 Å². The lowest BCUT2D eigenvalue weighted by Gasteiger charge is -2.34. The zero-order valence-corrected chi connectivity index (χ0v) is 14.6. The van der Waals surface area contributed by atoms with Gasteiger partial charge >= 0.3 is 0 Å². The predicted octanol–water partition coefficient (Wildman–Crippen LogP) is 3.86. The van der Waals surface area contributed by atoms with Crippen molar-refractivity contribution in [1.29, 1.82) is 0 Å². The Labute approximate surface area is 127 Å². The minimum Gasteiger partial charge on any atom is -0.351 e. The van der Waals surface area contributed by atoms with E-state index in [9.17, 15) is 0 Å². The Kier molecular flexibility index (Phi) is 4.75. The van der Waals surface area contributed by atoms with Crippen molar-refractivity contribution in [2.75, 3.05) is 25.5 Å². The summed E-state index contributed by atoms with van der Waals surface area (Å²) in [4.78, 5) is 8.71. The molecule has 0 saturated heterocycles. The van der Waals surface area contributed by atoms with Crippen molar-refractivity contribution in [2.24, 2.45) is 11.3 Å². The molecule has 0 radical (unpaired) electrons. The summed E-state index contributed by atoms with van der Waals surface area (Å²) in [5.74, 6) is 0.746. The van der Waals surface area contributed by atoms with E-state index in [0.717, 1.165) is 18.9 Å². The van der Waals surface area contributed by atoms with Crippen LogP contribution in [0.25, 0.3) is 0 Å². The molecule has 1 aromatic rings. The van der Waals surface area contributed by atoms with Crippen molar-refractivity contribution in [3.8, 4) is 0 Å². The molecule has 4 heteroatoms. The van der Waals surface area contributed by atoms with Crippen LogP contribution in [0.15, 0.2) is 0 Å². The predicted molar refractivity (Wildman–Crippen MR) is 88.7 cm³/mol. The molecule has 20 heavy (non-hydrogen) atoms. The average Bonchev–Trinajstić information content (AvgIpc) is 2.76. The second-order valence-corrected chi connectivity index (χ2v) is 8.31. The summed E-state index contributed by atoms with van der Waals surface area (Å²) in [5, 5.41) is 4.66. The van der Waals surface area contributed by atoms with Crippen LogP contribution >= 0.6 is 11.3 Å². The Morgan fingerprint density at radius 1 is 1.45 bits per heavy atom. The van der Waals surface area contributed by atoms with Crippen molar-refractivity contribution in [3.63, 3.8) is 0 Å². The molecule has 0 bridgehead atoms. The maximum Gasteiger partial charge on any atom is 0.185 e. The number of anilines is 1. The molecule has 1 N–H and O–H groups in total. The molecule has 1 aromatic heterocycles. The van der Waals surface area contributed by atoms with Gasteiger partial charge in [0, 0.05) is 24.5 Å². The third-order valence-electron chi connectivity index (χ3n) is 4.15. The number of hydrogen-bond acceptors (Lipinski definition) is 4. The highest BCUT2D eigenvalue weighted by molar-refractivity contribution is 7.15. The van der Waals surface area contributed by atoms with Gasteiger partial charge in [-0.25, -0.2) is 4.98 Å². The normalized spacial score (nSPS) is 21.1. The van der Waals surface area contributed by atoms with E-state index in [1.807, 2.05) is 11.3 Å². The van der Waals surface area contributed by atoms with Gasteiger partial charge in [-0.3, -0.25) is 0 Å². The lowest BCUT2D eigenvalue weighted by atomic mass is 9.76. The summed E-state index contributed by atoms with van der Waals surface area (Å²) >= 11 is 1.88. The van der Waals surface area contributed by atoms with Gasteiger partial charge < -0.3 is 10.2 Å². The van der Waals surface area contributed by atoms with E-state index in [1.165, 1.54) is 28.5 Å². The van der Waals surface area contributed by atoms with Crippen molar-refractivity contribution in [1.82, 2.24) is 10.3 Å². The van der Waals surface area contributed by atoms with Gasteiger partial charge in [-0.2, -0.15) is 0 Å². The fraction of sp³-hybridized carbons (Fsp3) is 0.812. The molecule has 0 aromatic carbocycles. The molecule has 0 fully saturated rings. The van der Waals surface area contributed by atoms with Crippen LogP contribution in [0, 0.1) is 11.3 Å². The molecule has 114 valence electrons. The van der Waals surface area contributed by atoms with Gasteiger partial charge in [0.1, 0.15) is 0 Å². The van der Waals surface area contributed by atoms with Crippen LogP contribution in [0.3, 0.4) is 0 Å². The van der Waals surface area contributed by atoms with Crippen LogP contribution in [0.1, 0.15) is 57.1 Å². The first-order valence-electron chi connectivity index (χ1n) is 7.70. The summed E-state index contributed by atoms with van der Waals surface area (Å²) in [7, 11) is 4.24. The zero-order chi connectivity index (χ0) is 14.9. The maximum atomic E-state index is 4.93. The molecule has 0 spiro atoms. The van der Waals surface area contributed by atoms with Crippen molar-refractivity contribution >= 4 is 16.5 Å². The second-order valence-electron chi connectivity index (χ2n) is 7.30. The number of nitrogens with one attached hydrogen (secondary N) is 1. The standard InChI is InChI=1S/C16H29N3S/c1-11(2)7-8-19(6)15-18-13-10-16(3,4)9-12(17-5)14(13)20-15/h11-12,17H,7-10H2,1-6H3. The van der Waals surface area contributed by atoms with Gasteiger partial charge in [-0.05, 0) is 37.6 Å². The Bertz CT molecular complexity index is 451. The number of aromatic nitrogens is 1. The number of fused-ring (bicyclic) bond motifs is 1. The smallest absolute Gasteiger partial charge is 0.185 e. The van der Waals surface area contributed by atoms with Gasteiger partial charge in [0.15, 0.2) is 5.13 Å². The summed E-state index contributed by atoms with van der Waals surface area (Å²) in [6, 6.07) is 0.471. The number of thiazole rings is 1. The van der Waals surface area contributed by atoms with Crippen molar-refractivity contribution in [3.05, 3.63) is 10.6 Å². The molecule has 1 heterocycles. The first-order chi connectivity index (χ1) is 9.32. The number of nitrogens with zero attached hydrogens (tertiary/aromatic N) is 2. The van der Waals surface area contributed by atoms with Gasteiger partial charge in [0.05, 0.1) is 5.69 Å². The molecule has 0 aliphatic heterocycles. The largest absolute Gasteiger partial charge is 0.351 e. The van der Waals surface area contributed by atoms with Crippen LogP contribution in [0.5, 0.6) is 0 Å². The topological polar surface area (TPSA) is 28.2 Å². The summed E-state index contributed by atoms with van der Waals surface area (Å²) in [5.41, 5.74) is 1.67. The third-order valence-corrected chi connectivity index (χ3v) is 5.48.